The summed E-state index contributed by atoms with van der Waals surface area (Å²) in [5.74, 6) is -1.90. The summed E-state index contributed by atoms with van der Waals surface area (Å²) in [6.45, 7) is 2.18. The fourth-order valence-corrected chi connectivity index (χ4v) is 2.74. The number of thiazole rings is 1. The van der Waals surface area contributed by atoms with Crippen LogP contribution in [0.2, 0.25) is 0 Å². The molecular weight excluding hydrogens is 298 g/mol. The van der Waals surface area contributed by atoms with Crippen LogP contribution in [-0.2, 0) is 6.54 Å². The van der Waals surface area contributed by atoms with E-state index in [1.807, 2.05) is 6.92 Å². The maximum absolute atomic E-state index is 14.1. The highest BCUT2D eigenvalue weighted by molar-refractivity contribution is 7.09. The number of amidine groups is 1. The zero-order valence-electron chi connectivity index (χ0n) is 11.5. The van der Waals surface area contributed by atoms with Gasteiger partial charge in [0.2, 0.25) is 0 Å². The average molecular weight is 312 g/mol. The van der Waals surface area contributed by atoms with E-state index < -0.39 is 11.6 Å². The minimum absolute atomic E-state index is 0.0152. The van der Waals surface area contributed by atoms with Crippen LogP contribution in [0.1, 0.15) is 16.1 Å². The molecule has 0 bridgehead atoms. The Hall–Kier alpha value is -2.22. The topological polar surface area (TPSA) is 74.7 Å². The highest BCUT2D eigenvalue weighted by atomic mass is 32.1. The number of hydrogen-bond acceptors (Lipinski definition) is 5. The van der Waals surface area contributed by atoms with Gasteiger partial charge in [-0.2, -0.15) is 0 Å². The highest BCUT2D eigenvalue weighted by Crippen LogP contribution is 2.26. The van der Waals surface area contributed by atoms with Crippen LogP contribution in [-0.4, -0.2) is 23.1 Å². The van der Waals surface area contributed by atoms with Crippen molar-refractivity contribution < 1.29 is 14.0 Å². The third kappa shape index (κ3) is 3.10. The van der Waals surface area contributed by atoms with E-state index in [2.05, 4.69) is 10.1 Å². The van der Waals surface area contributed by atoms with Crippen molar-refractivity contribution in [3.05, 3.63) is 45.4 Å². The summed E-state index contributed by atoms with van der Waals surface area (Å²) >= 11 is 1.43. The van der Waals surface area contributed by atoms with E-state index in [1.54, 1.807) is 12.6 Å². The predicted octanol–water partition coefficient (Wildman–Crippen LogP) is 2.46. The molecule has 1 aromatic carbocycles. The molecule has 1 aromatic heterocycles. The van der Waals surface area contributed by atoms with Crippen LogP contribution in [0.25, 0.3) is 0 Å². The van der Waals surface area contributed by atoms with Gasteiger partial charge in [-0.25, -0.2) is 13.8 Å². The second-order valence-corrected chi connectivity index (χ2v) is 5.43. The van der Waals surface area contributed by atoms with Crippen molar-refractivity contribution in [1.29, 1.82) is 0 Å². The standard InChI is InChI=1S/C13H14F2N4OS/c1-7-11(21-6-17-7)5-19(2)12-9(14)3-8(4-10(12)15)13(16)18-20/h3-4,6,20H,5H2,1-2H3,(H2,16,18). The third-order valence-electron chi connectivity index (χ3n) is 3.03. The summed E-state index contributed by atoms with van der Waals surface area (Å²) < 4.78 is 28.2. The van der Waals surface area contributed by atoms with E-state index in [1.165, 1.54) is 16.2 Å². The second kappa shape index (κ2) is 6.04. The van der Waals surface area contributed by atoms with Gasteiger partial charge in [0.15, 0.2) is 5.84 Å². The molecule has 0 aliphatic rings. The van der Waals surface area contributed by atoms with Gasteiger partial charge < -0.3 is 15.8 Å². The molecule has 8 heteroatoms. The maximum Gasteiger partial charge on any atom is 0.170 e. The van der Waals surface area contributed by atoms with E-state index >= 15 is 0 Å². The molecule has 3 N–H and O–H groups in total. The first-order chi connectivity index (χ1) is 9.93. The van der Waals surface area contributed by atoms with E-state index in [0.717, 1.165) is 22.7 Å². The average Bonchev–Trinajstić information content (AvgIpc) is 2.82. The minimum atomic E-state index is -0.777. The van der Waals surface area contributed by atoms with Crippen molar-refractivity contribution in [1.82, 2.24) is 4.98 Å². The molecule has 0 saturated carbocycles. The lowest BCUT2D eigenvalue weighted by molar-refractivity contribution is 0.318. The third-order valence-corrected chi connectivity index (χ3v) is 3.95. The lowest BCUT2D eigenvalue weighted by Gasteiger charge is -2.20. The number of hydrogen-bond donors (Lipinski definition) is 2. The molecule has 0 radical (unpaired) electrons. The molecule has 2 rings (SSSR count). The number of nitrogens with two attached hydrogens (primary N) is 1. The molecule has 0 saturated heterocycles. The minimum Gasteiger partial charge on any atom is -0.409 e. The molecule has 0 aliphatic carbocycles. The van der Waals surface area contributed by atoms with Gasteiger partial charge in [0.25, 0.3) is 0 Å². The van der Waals surface area contributed by atoms with Crippen LogP contribution in [0.5, 0.6) is 0 Å². The van der Waals surface area contributed by atoms with Gasteiger partial charge in [-0.3, -0.25) is 0 Å². The normalized spacial score (nSPS) is 11.7. The molecule has 2 aromatic rings. The number of benzene rings is 1. The van der Waals surface area contributed by atoms with Crippen molar-refractivity contribution >= 4 is 22.9 Å². The fraction of sp³-hybridized carbons (Fsp3) is 0.231. The summed E-state index contributed by atoms with van der Waals surface area (Å²) in [6, 6.07) is 2.06. The number of nitrogens with zero attached hydrogens (tertiary/aromatic N) is 3. The zero-order valence-corrected chi connectivity index (χ0v) is 12.3. The number of aryl methyl sites for hydroxylation is 1. The summed E-state index contributed by atoms with van der Waals surface area (Å²) in [7, 11) is 1.59. The molecule has 21 heavy (non-hydrogen) atoms. The molecular formula is C13H14F2N4OS. The van der Waals surface area contributed by atoms with Crippen LogP contribution in [0, 0.1) is 18.6 Å². The Kier molecular flexibility index (Phi) is 4.37. The van der Waals surface area contributed by atoms with E-state index in [-0.39, 0.29) is 17.1 Å². The smallest absolute Gasteiger partial charge is 0.170 e. The second-order valence-electron chi connectivity index (χ2n) is 4.49. The van der Waals surface area contributed by atoms with E-state index in [9.17, 15) is 8.78 Å². The lowest BCUT2D eigenvalue weighted by Crippen LogP contribution is -2.21. The monoisotopic (exact) mass is 312 g/mol. The Labute approximate surface area is 124 Å². The van der Waals surface area contributed by atoms with Gasteiger partial charge in [-0.05, 0) is 19.1 Å². The quantitative estimate of drug-likeness (QED) is 0.393. The summed E-state index contributed by atoms with van der Waals surface area (Å²) in [5, 5.41) is 11.3. The number of rotatable bonds is 4. The van der Waals surface area contributed by atoms with Gasteiger partial charge >= 0.3 is 0 Å². The highest BCUT2D eigenvalue weighted by Gasteiger charge is 2.18. The van der Waals surface area contributed by atoms with Crippen molar-refractivity contribution in [3.8, 4) is 0 Å². The molecule has 0 aliphatic heterocycles. The van der Waals surface area contributed by atoms with Crippen molar-refractivity contribution in [2.24, 2.45) is 10.9 Å². The van der Waals surface area contributed by atoms with Crippen LogP contribution in [0.3, 0.4) is 0 Å². The molecule has 0 fully saturated rings. The van der Waals surface area contributed by atoms with Crippen LogP contribution in [0.15, 0.2) is 22.8 Å². The number of aromatic nitrogens is 1. The molecule has 1 heterocycles. The molecule has 0 amide bonds. The van der Waals surface area contributed by atoms with Gasteiger partial charge in [0.05, 0.1) is 17.7 Å². The number of oxime groups is 1. The number of halogens is 2. The maximum atomic E-state index is 14.1. The Balaban J connectivity index is 2.33. The summed E-state index contributed by atoms with van der Waals surface area (Å²) in [4.78, 5) is 6.49. The predicted molar refractivity (Wildman–Crippen MR) is 77.8 cm³/mol. The van der Waals surface area contributed by atoms with Gasteiger partial charge in [0.1, 0.15) is 17.3 Å². The van der Waals surface area contributed by atoms with Crippen molar-refractivity contribution in [2.75, 3.05) is 11.9 Å². The Morgan fingerprint density at radius 1 is 1.43 bits per heavy atom. The van der Waals surface area contributed by atoms with Crippen molar-refractivity contribution in [3.63, 3.8) is 0 Å². The van der Waals surface area contributed by atoms with E-state index in [0.29, 0.717) is 6.54 Å². The fourth-order valence-electron chi connectivity index (χ4n) is 1.91. The first-order valence-corrected chi connectivity index (χ1v) is 6.89. The van der Waals surface area contributed by atoms with Crippen molar-refractivity contribution in [2.45, 2.75) is 13.5 Å². The zero-order chi connectivity index (χ0) is 15.6. The molecule has 0 spiro atoms. The first kappa shape index (κ1) is 15.2. The van der Waals surface area contributed by atoms with Gasteiger partial charge in [-0.15, -0.1) is 11.3 Å². The Morgan fingerprint density at radius 3 is 2.52 bits per heavy atom. The summed E-state index contributed by atoms with van der Waals surface area (Å²) in [6.07, 6.45) is 0. The Morgan fingerprint density at radius 2 is 2.05 bits per heavy atom. The van der Waals surface area contributed by atoms with Gasteiger partial charge in [-0.1, -0.05) is 5.16 Å². The van der Waals surface area contributed by atoms with Crippen LogP contribution < -0.4 is 10.6 Å². The molecule has 0 unspecified atom stereocenters. The SMILES string of the molecule is Cc1ncsc1CN(C)c1c(F)cc(C(N)=NO)cc1F. The molecule has 0 atom stereocenters. The first-order valence-electron chi connectivity index (χ1n) is 6.01. The van der Waals surface area contributed by atoms with Crippen LogP contribution >= 0.6 is 11.3 Å². The molecule has 5 nitrogen and oxygen atoms in total. The van der Waals surface area contributed by atoms with Gasteiger partial charge in [0, 0.05) is 17.5 Å². The summed E-state index contributed by atoms with van der Waals surface area (Å²) in [5.41, 5.74) is 7.67. The lowest BCUT2D eigenvalue weighted by atomic mass is 10.1. The van der Waals surface area contributed by atoms with E-state index in [4.69, 9.17) is 10.9 Å². The van der Waals surface area contributed by atoms with Crippen LogP contribution in [0.4, 0.5) is 14.5 Å². The number of anilines is 1. The molecule has 112 valence electrons. The largest absolute Gasteiger partial charge is 0.409 e. The Bertz CT molecular complexity index is 664.